The number of imidazole rings is 1. The summed E-state index contributed by atoms with van der Waals surface area (Å²) in [4.78, 5) is 19.3. The summed E-state index contributed by atoms with van der Waals surface area (Å²) in [5.74, 6) is 0.521. The number of nitrogens with zero attached hydrogens (tertiary/aromatic N) is 3. The van der Waals surface area contributed by atoms with Crippen molar-refractivity contribution in [2.24, 2.45) is 0 Å². The third-order valence-electron chi connectivity index (χ3n) is 5.33. The van der Waals surface area contributed by atoms with Crippen LogP contribution in [0.1, 0.15) is 45.1 Å². The Bertz CT molecular complexity index is 992. The van der Waals surface area contributed by atoms with E-state index in [-0.39, 0.29) is 5.91 Å². The number of carbonyl (C=O) groups is 1. The number of hydrogen-bond acceptors (Lipinski definition) is 2. The van der Waals surface area contributed by atoms with Gasteiger partial charge < -0.3 is 4.90 Å². The van der Waals surface area contributed by atoms with Crippen molar-refractivity contribution in [2.75, 3.05) is 14.1 Å². The molecule has 0 fully saturated rings. The van der Waals surface area contributed by atoms with Crippen LogP contribution < -0.4 is 0 Å². The van der Waals surface area contributed by atoms with Crippen molar-refractivity contribution < 1.29 is 4.79 Å². The number of pyridine rings is 1. The highest BCUT2D eigenvalue weighted by Crippen LogP contribution is 2.37. The monoisotopic (exact) mass is 411 g/mol. The molecule has 134 valence electrons. The summed E-state index contributed by atoms with van der Waals surface area (Å²) >= 11 is 3.63. The Hall–Kier alpha value is -2.14. The van der Waals surface area contributed by atoms with E-state index in [9.17, 15) is 4.79 Å². The van der Waals surface area contributed by atoms with E-state index in [1.165, 1.54) is 16.7 Å². The molecule has 1 atom stereocenters. The lowest BCUT2D eigenvalue weighted by Crippen LogP contribution is -2.26. The standard InChI is InChI=1S/C21H22BrN3O/c1-13-19(22)25-12-18(21(26)24(2)3)16-10-9-15(11-17(16)20(25)23-13)14-7-5-4-6-8-14/h4-8,12,15H,9-11H2,1-3H3. The second-order valence-corrected chi connectivity index (χ2v) is 7.98. The Labute approximate surface area is 162 Å². The van der Waals surface area contributed by atoms with Gasteiger partial charge in [-0.05, 0) is 59.2 Å². The third kappa shape index (κ3) is 2.75. The smallest absolute Gasteiger partial charge is 0.255 e. The van der Waals surface area contributed by atoms with E-state index in [0.29, 0.717) is 5.92 Å². The molecular weight excluding hydrogens is 390 g/mol. The molecule has 5 heteroatoms. The van der Waals surface area contributed by atoms with Crippen LogP contribution in [-0.2, 0) is 12.8 Å². The molecule has 0 bridgehead atoms. The van der Waals surface area contributed by atoms with Crippen molar-refractivity contribution in [3.63, 3.8) is 0 Å². The summed E-state index contributed by atoms with van der Waals surface area (Å²) in [5.41, 5.74) is 6.46. The van der Waals surface area contributed by atoms with Gasteiger partial charge in [0.05, 0.1) is 11.3 Å². The lowest BCUT2D eigenvalue weighted by molar-refractivity contribution is 0.0825. The molecule has 1 aliphatic rings. The van der Waals surface area contributed by atoms with Gasteiger partial charge in [-0.25, -0.2) is 4.98 Å². The van der Waals surface area contributed by atoms with Gasteiger partial charge in [-0.15, -0.1) is 0 Å². The SMILES string of the molecule is Cc1nc2c3c(c(C(=O)N(C)C)cn2c1Br)CCC(c1ccccc1)C3. The first-order valence-electron chi connectivity index (χ1n) is 8.93. The van der Waals surface area contributed by atoms with Gasteiger partial charge in [0, 0.05) is 25.9 Å². The summed E-state index contributed by atoms with van der Waals surface area (Å²) in [6.45, 7) is 1.99. The van der Waals surface area contributed by atoms with E-state index in [1.54, 1.807) is 4.90 Å². The molecule has 1 unspecified atom stereocenters. The molecule has 0 spiro atoms. The number of carbonyl (C=O) groups excluding carboxylic acids is 1. The van der Waals surface area contributed by atoms with Crippen LogP contribution in [0.3, 0.4) is 0 Å². The Kier molecular flexibility index (Phi) is 4.35. The molecule has 0 radical (unpaired) electrons. The zero-order valence-corrected chi connectivity index (χ0v) is 16.9. The average molecular weight is 412 g/mol. The lowest BCUT2D eigenvalue weighted by atomic mass is 9.79. The fourth-order valence-electron chi connectivity index (χ4n) is 3.96. The number of amides is 1. The van der Waals surface area contributed by atoms with E-state index in [2.05, 4.69) is 46.3 Å². The minimum absolute atomic E-state index is 0.0552. The number of benzene rings is 1. The molecule has 4 rings (SSSR count). The van der Waals surface area contributed by atoms with Crippen molar-refractivity contribution in [1.29, 1.82) is 0 Å². The summed E-state index contributed by atoms with van der Waals surface area (Å²) in [6.07, 6.45) is 4.83. The van der Waals surface area contributed by atoms with Crippen molar-refractivity contribution in [2.45, 2.75) is 32.1 Å². The van der Waals surface area contributed by atoms with Crippen LogP contribution >= 0.6 is 15.9 Å². The van der Waals surface area contributed by atoms with E-state index >= 15 is 0 Å². The number of hydrogen-bond donors (Lipinski definition) is 0. The molecule has 26 heavy (non-hydrogen) atoms. The van der Waals surface area contributed by atoms with Gasteiger partial charge in [0.15, 0.2) is 0 Å². The fourth-order valence-corrected chi connectivity index (χ4v) is 4.32. The predicted molar refractivity (Wildman–Crippen MR) is 107 cm³/mol. The molecule has 4 nitrogen and oxygen atoms in total. The van der Waals surface area contributed by atoms with Crippen LogP contribution in [-0.4, -0.2) is 34.3 Å². The van der Waals surface area contributed by atoms with Crippen LogP contribution in [0.5, 0.6) is 0 Å². The van der Waals surface area contributed by atoms with E-state index in [1.807, 2.05) is 31.6 Å². The minimum atomic E-state index is 0.0552. The van der Waals surface area contributed by atoms with E-state index < -0.39 is 0 Å². The quantitative estimate of drug-likeness (QED) is 0.627. The van der Waals surface area contributed by atoms with Gasteiger partial charge in [0.1, 0.15) is 10.3 Å². The Morgan fingerprint density at radius 2 is 1.96 bits per heavy atom. The molecule has 0 saturated heterocycles. The Morgan fingerprint density at radius 3 is 2.65 bits per heavy atom. The summed E-state index contributed by atoms with van der Waals surface area (Å²) in [5, 5.41) is 0. The van der Waals surface area contributed by atoms with Crippen molar-refractivity contribution in [3.05, 3.63) is 69.1 Å². The maximum atomic E-state index is 12.8. The second kappa shape index (κ2) is 6.54. The largest absolute Gasteiger partial charge is 0.345 e. The van der Waals surface area contributed by atoms with Gasteiger partial charge >= 0.3 is 0 Å². The molecule has 1 aliphatic carbocycles. The topological polar surface area (TPSA) is 37.6 Å². The van der Waals surface area contributed by atoms with Gasteiger partial charge in [-0.2, -0.15) is 0 Å². The minimum Gasteiger partial charge on any atom is -0.345 e. The molecule has 2 aromatic heterocycles. The highest BCUT2D eigenvalue weighted by atomic mass is 79.9. The van der Waals surface area contributed by atoms with Crippen LogP contribution in [0.2, 0.25) is 0 Å². The molecule has 3 aromatic rings. The number of halogens is 1. The second-order valence-electron chi connectivity index (χ2n) is 7.23. The Balaban J connectivity index is 1.90. The first-order chi connectivity index (χ1) is 12.5. The van der Waals surface area contributed by atoms with Gasteiger partial charge in [-0.1, -0.05) is 30.3 Å². The third-order valence-corrected chi connectivity index (χ3v) is 6.29. The zero-order chi connectivity index (χ0) is 18.4. The lowest BCUT2D eigenvalue weighted by Gasteiger charge is -2.28. The van der Waals surface area contributed by atoms with Gasteiger partial charge in [0.2, 0.25) is 0 Å². The van der Waals surface area contributed by atoms with Gasteiger partial charge in [-0.3, -0.25) is 9.20 Å². The molecule has 0 saturated carbocycles. The summed E-state index contributed by atoms with van der Waals surface area (Å²) in [7, 11) is 3.62. The number of fused-ring (bicyclic) bond motifs is 3. The predicted octanol–water partition coefficient (Wildman–Crippen LogP) is 4.38. The van der Waals surface area contributed by atoms with E-state index in [0.717, 1.165) is 40.8 Å². The Morgan fingerprint density at radius 1 is 1.23 bits per heavy atom. The van der Waals surface area contributed by atoms with E-state index in [4.69, 9.17) is 4.98 Å². The molecular formula is C21H22BrN3O. The molecule has 0 N–H and O–H groups in total. The van der Waals surface area contributed by atoms with Gasteiger partial charge in [0.25, 0.3) is 5.91 Å². The number of aromatic nitrogens is 2. The highest BCUT2D eigenvalue weighted by Gasteiger charge is 2.28. The van der Waals surface area contributed by atoms with Crippen molar-refractivity contribution in [1.82, 2.24) is 14.3 Å². The average Bonchev–Trinajstić information content (AvgIpc) is 2.95. The summed E-state index contributed by atoms with van der Waals surface area (Å²) < 4.78 is 2.95. The molecule has 1 aromatic carbocycles. The zero-order valence-electron chi connectivity index (χ0n) is 15.3. The van der Waals surface area contributed by atoms with Crippen LogP contribution in [0.25, 0.3) is 5.65 Å². The molecule has 1 amide bonds. The first-order valence-corrected chi connectivity index (χ1v) is 9.72. The maximum Gasteiger partial charge on any atom is 0.255 e. The number of rotatable bonds is 2. The normalized spacial score (nSPS) is 16.5. The molecule has 0 aliphatic heterocycles. The number of aryl methyl sites for hydroxylation is 1. The van der Waals surface area contributed by atoms with Crippen LogP contribution in [0, 0.1) is 6.92 Å². The highest BCUT2D eigenvalue weighted by molar-refractivity contribution is 9.10. The fraction of sp³-hybridized carbons (Fsp3) is 0.333. The molecule has 2 heterocycles. The van der Waals surface area contributed by atoms with Crippen molar-refractivity contribution in [3.8, 4) is 0 Å². The van der Waals surface area contributed by atoms with Crippen LogP contribution in [0.15, 0.2) is 41.1 Å². The van der Waals surface area contributed by atoms with Crippen molar-refractivity contribution >= 4 is 27.5 Å². The van der Waals surface area contributed by atoms with Crippen LogP contribution in [0.4, 0.5) is 0 Å². The first kappa shape index (κ1) is 17.3. The summed E-state index contributed by atoms with van der Waals surface area (Å²) in [6, 6.07) is 10.7. The maximum absolute atomic E-state index is 12.8.